The first-order chi connectivity index (χ1) is 11.2. The molecule has 0 saturated carbocycles. The summed E-state index contributed by atoms with van der Waals surface area (Å²) in [4.78, 5) is 11.0. The lowest BCUT2D eigenvalue weighted by molar-refractivity contribution is 0.160. The molecule has 0 fully saturated rings. The number of aromatic nitrogens is 2. The molecule has 10 heteroatoms. The van der Waals surface area contributed by atoms with Crippen molar-refractivity contribution in [2.75, 3.05) is 23.1 Å². The quantitative estimate of drug-likeness (QED) is 0.786. The minimum atomic E-state index is -3.54. The maximum atomic E-state index is 11.6. The number of rotatable bonds is 2. The van der Waals surface area contributed by atoms with Crippen molar-refractivity contribution in [2.45, 2.75) is 18.1 Å². The summed E-state index contributed by atoms with van der Waals surface area (Å²) in [6, 6.07) is 5.06. The lowest BCUT2D eigenvalue weighted by atomic mass is 10.2. The van der Waals surface area contributed by atoms with Gasteiger partial charge in [0.1, 0.15) is 5.82 Å². The average Bonchev–Trinajstić information content (AvgIpc) is 2.50. The molecule has 7 nitrogen and oxygen atoms in total. The number of hydrogen-bond donors (Lipinski definition) is 1. The summed E-state index contributed by atoms with van der Waals surface area (Å²) >= 11 is 12.4. The van der Waals surface area contributed by atoms with Crippen LogP contribution in [0.5, 0.6) is 0 Å². The van der Waals surface area contributed by atoms with Crippen LogP contribution in [-0.2, 0) is 16.4 Å². The van der Waals surface area contributed by atoms with Gasteiger partial charge in [0.2, 0.25) is 21.3 Å². The standard InChI is InChI=1S/C14H14Cl2N4O3S/c1-19-12-8(6-17-13(18-12)24(2,22)23)7-20(14(19)21)11-9(15)4-3-5-10(11)16/h3-6,14,21H,7H2,1-2H3. The highest BCUT2D eigenvalue weighted by Crippen LogP contribution is 2.39. The molecular weight excluding hydrogens is 375 g/mol. The van der Waals surface area contributed by atoms with Crippen molar-refractivity contribution in [2.24, 2.45) is 0 Å². The number of aliphatic hydroxyl groups is 1. The zero-order chi connectivity index (χ0) is 17.6. The second-order valence-corrected chi connectivity index (χ2v) is 8.15. The highest BCUT2D eigenvalue weighted by atomic mass is 35.5. The van der Waals surface area contributed by atoms with E-state index in [0.717, 1.165) is 6.26 Å². The first-order valence-electron chi connectivity index (χ1n) is 6.87. The van der Waals surface area contributed by atoms with Crippen molar-refractivity contribution < 1.29 is 13.5 Å². The Morgan fingerprint density at radius 2 is 1.92 bits per heavy atom. The minimum Gasteiger partial charge on any atom is -0.356 e. The number of anilines is 2. The van der Waals surface area contributed by atoms with Gasteiger partial charge in [0.15, 0.2) is 0 Å². The van der Waals surface area contributed by atoms with Gasteiger partial charge in [0.25, 0.3) is 0 Å². The molecule has 1 atom stereocenters. The van der Waals surface area contributed by atoms with E-state index in [1.807, 2.05) is 0 Å². The Labute approximate surface area is 149 Å². The molecule has 0 spiro atoms. The molecule has 3 rings (SSSR count). The first-order valence-corrected chi connectivity index (χ1v) is 9.52. The summed E-state index contributed by atoms with van der Waals surface area (Å²) < 4.78 is 23.3. The normalized spacial score (nSPS) is 17.8. The van der Waals surface area contributed by atoms with Gasteiger partial charge in [-0.05, 0) is 12.1 Å². The predicted octanol–water partition coefficient (Wildman–Crippen LogP) is 1.92. The average molecular weight is 389 g/mol. The Kier molecular flexibility index (Phi) is 4.33. The van der Waals surface area contributed by atoms with Crippen molar-refractivity contribution in [3.05, 3.63) is 40.0 Å². The van der Waals surface area contributed by atoms with E-state index in [0.29, 0.717) is 27.1 Å². The van der Waals surface area contributed by atoms with E-state index in [9.17, 15) is 13.5 Å². The molecule has 128 valence electrons. The smallest absolute Gasteiger partial charge is 0.248 e. The molecule has 0 amide bonds. The van der Waals surface area contributed by atoms with Crippen molar-refractivity contribution in [1.29, 1.82) is 0 Å². The van der Waals surface area contributed by atoms with E-state index >= 15 is 0 Å². The molecule has 0 saturated heterocycles. The van der Waals surface area contributed by atoms with Crippen molar-refractivity contribution >= 4 is 44.5 Å². The van der Waals surface area contributed by atoms with Gasteiger partial charge in [-0.25, -0.2) is 18.4 Å². The lowest BCUT2D eigenvalue weighted by Crippen LogP contribution is -2.51. The Balaban J connectivity index is 2.09. The third-order valence-corrected chi connectivity index (χ3v) is 5.15. The molecule has 2 heterocycles. The Morgan fingerprint density at radius 1 is 1.29 bits per heavy atom. The molecule has 1 aliphatic heterocycles. The topological polar surface area (TPSA) is 86.6 Å². The van der Waals surface area contributed by atoms with Crippen molar-refractivity contribution in [3.63, 3.8) is 0 Å². The largest absolute Gasteiger partial charge is 0.356 e. The zero-order valence-corrected chi connectivity index (χ0v) is 15.1. The fourth-order valence-corrected chi connectivity index (χ4v) is 3.63. The van der Waals surface area contributed by atoms with Gasteiger partial charge in [-0.1, -0.05) is 29.3 Å². The van der Waals surface area contributed by atoms with Crippen LogP contribution in [0, 0.1) is 0 Å². The van der Waals surface area contributed by atoms with E-state index < -0.39 is 16.2 Å². The first kappa shape index (κ1) is 17.2. The van der Waals surface area contributed by atoms with Gasteiger partial charge in [0.05, 0.1) is 22.3 Å². The SMILES string of the molecule is CN1c2nc(S(C)(=O)=O)ncc2CN(c2c(Cl)cccc2Cl)C1O. The Morgan fingerprint density at radius 3 is 2.50 bits per heavy atom. The van der Waals surface area contributed by atoms with Gasteiger partial charge < -0.3 is 14.9 Å². The lowest BCUT2D eigenvalue weighted by Gasteiger charge is -2.41. The Hall–Kier alpha value is -1.61. The van der Waals surface area contributed by atoms with Crippen LogP contribution in [-0.4, -0.2) is 43.1 Å². The second kappa shape index (κ2) is 6.03. The minimum absolute atomic E-state index is 0.230. The van der Waals surface area contributed by atoms with E-state index in [4.69, 9.17) is 23.2 Å². The van der Waals surface area contributed by atoms with Crippen LogP contribution in [0.1, 0.15) is 5.56 Å². The molecule has 1 N–H and O–H groups in total. The maximum absolute atomic E-state index is 11.6. The van der Waals surface area contributed by atoms with E-state index in [1.165, 1.54) is 11.1 Å². The van der Waals surface area contributed by atoms with Crippen molar-refractivity contribution in [3.8, 4) is 0 Å². The molecule has 1 aromatic heterocycles. The molecule has 24 heavy (non-hydrogen) atoms. The van der Waals surface area contributed by atoms with Crippen LogP contribution in [0.25, 0.3) is 0 Å². The summed E-state index contributed by atoms with van der Waals surface area (Å²) in [5, 5.41) is 11.1. The van der Waals surface area contributed by atoms with Crippen LogP contribution in [0.4, 0.5) is 11.5 Å². The molecule has 2 aromatic rings. The summed E-state index contributed by atoms with van der Waals surface area (Å²) in [5.74, 6) is 0.345. The van der Waals surface area contributed by atoms with E-state index in [1.54, 1.807) is 30.1 Å². The highest BCUT2D eigenvalue weighted by Gasteiger charge is 2.33. The van der Waals surface area contributed by atoms with E-state index in [-0.39, 0.29) is 11.7 Å². The number of halogens is 2. The van der Waals surface area contributed by atoms with Crippen LogP contribution < -0.4 is 9.80 Å². The van der Waals surface area contributed by atoms with Gasteiger partial charge in [-0.2, -0.15) is 0 Å². The molecule has 1 aromatic carbocycles. The number of benzene rings is 1. The number of aliphatic hydroxyl groups excluding tert-OH is 1. The number of nitrogens with zero attached hydrogens (tertiary/aromatic N) is 4. The number of para-hydroxylation sites is 1. The fourth-order valence-electron chi connectivity index (χ4n) is 2.52. The monoisotopic (exact) mass is 388 g/mol. The third kappa shape index (κ3) is 2.90. The van der Waals surface area contributed by atoms with Gasteiger partial charge in [-0.15, -0.1) is 0 Å². The van der Waals surface area contributed by atoms with Gasteiger partial charge >= 0.3 is 0 Å². The number of sulfone groups is 1. The Bertz CT molecular complexity index is 887. The highest BCUT2D eigenvalue weighted by molar-refractivity contribution is 7.90. The molecule has 0 radical (unpaired) electrons. The van der Waals surface area contributed by atoms with Crippen LogP contribution in [0.3, 0.4) is 0 Å². The molecule has 1 unspecified atom stereocenters. The summed E-state index contributed by atoms with van der Waals surface area (Å²) in [6.07, 6.45) is 1.35. The maximum Gasteiger partial charge on any atom is 0.248 e. The molecule has 0 aliphatic carbocycles. The van der Waals surface area contributed by atoms with Gasteiger partial charge in [-0.3, -0.25) is 0 Å². The number of fused-ring (bicyclic) bond motifs is 1. The van der Waals surface area contributed by atoms with Crippen molar-refractivity contribution in [1.82, 2.24) is 9.97 Å². The van der Waals surface area contributed by atoms with Crippen LogP contribution in [0.2, 0.25) is 10.0 Å². The molecule has 1 aliphatic rings. The summed E-state index contributed by atoms with van der Waals surface area (Å²) in [6.45, 7) is 0.230. The second-order valence-electron chi connectivity index (χ2n) is 5.43. The van der Waals surface area contributed by atoms with Gasteiger partial charge in [0, 0.05) is 25.1 Å². The van der Waals surface area contributed by atoms with Crippen LogP contribution >= 0.6 is 23.2 Å². The van der Waals surface area contributed by atoms with Crippen LogP contribution in [0.15, 0.2) is 29.6 Å². The third-order valence-electron chi connectivity index (χ3n) is 3.68. The summed E-state index contributed by atoms with van der Waals surface area (Å²) in [5.41, 5.74) is 1.13. The molecule has 0 bridgehead atoms. The predicted molar refractivity (Wildman–Crippen MR) is 92.2 cm³/mol. The molecular formula is C14H14Cl2N4O3S. The number of hydrogen-bond acceptors (Lipinski definition) is 7. The summed E-state index contributed by atoms with van der Waals surface area (Å²) in [7, 11) is -1.95. The fraction of sp³-hybridized carbons (Fsp3) is 0.286. The van der Waals surface area contributed by atoms with E-state index in [2.05, 4.69) is 9.97 Å². The zero-order valence-electron chi connectivity index (χ0n) is 12.8.